The maximum atomic E-state index is 6.00. The monoisotopic (exact) mass is 263 g/mol. The van der Waals surface area contributed by atoms with Gasteiger partial charge in [0.2, 0.25) is 0 Å². The summed E-state index contributed by atoms with van der Waals surface area (Å²) in [6.07, 6.45) is 5.40. The van der Waals surface area contributed by atoms with Crippen molar-refractivity contribution >= 4 is 0 Å². The molecule has 0 spiro atoms. The summed E-state index contributed by atoms with van der Waals surface area (Å²) in [5, 5.41) is 0. The second kappa shape index (κ2) is 6.92. The van der Waals surface area contributed by atoms with E-state index in [1.165, 1.54) is 25.7 Å². The van der Waals surface area contributed by atoms with E-state index in [-0.39, 0.29) is 0 Å². The van der Waals surface area contributed by atoms with Gasteiger partial charge in [-0.2, -0.15) is 0 Å². The van der Waals surface area contributed by atoms with Gasteiger partial charge in [0, 0.05) is 12.1 Å². The molecule has 106 valence electrons. The Balaban J connectivity index is 1.89. The summed E-state index contributed by atoms with van der Waals surface area (Å²) in [5.41, 5.74) is 7.87. The van der Waals surface area contributed by atoms with Crippen LogP contribution in [0.5, 0.6) is 5.75 Å². The number of hydrogen-bond acceptors (Lipinski definition) is 3. The highest BCUT2D eigenvalue weighted by Gasteiger charge is 2.18. The molecule has 0 radical (unpaired) electrons. The van der Waals surface area contributed by atoms with Crippen molar-refractivity contribution < 1.29 is 9.47 Å². The fourth-order valence-corrected chi connectivity index (χ4v) is 2.66. The summed E-state index contributed by atoms with van der Waals surface area (Å²) < 4.78 is 11.4. The molecule has 0 unspecified atom stereocenters. The zero-order valence-electron chi connectivity index (χ0n) is 12.0. The van der Waals surface area contributed by atoms with Crippen LogP contribution in [-0.4, -0.2) is 13.2 Å². The molecule has 1 aliphatic carbocycles. The molecule has 1 aromatic rings. The molecule has 2 N–H and O–H groups in total. The maximum Gasteiger partial charge on any atom is 0.123 e. The van der Waals surface area contributed by atoms with Crippen molar-refractivity contribution in [2.24, 2.45) is 11.7 Å². The average molecular weight is 263 g/mol. The minimum absolute atomic E-state index is 0.427. The Labute approximate surface area is 116 Å². The van der Waals surface area contributed by atoms with Gasteiger partial charge in [-0.25, -0.2) is 0 Å². The Bertz CT molecular complexity index is 398. The Kier molecular flexibility index (Phi) is 5.23. The van der Waals surface area contributed by atoms with Crippen LogP contribution < -0.4 is 10.5 Å². The average Bonchev–Trinajstić information content (AvgIpc) is 2.46. The summed E-state index contributed by atoms with van der Waals surface area (Å²) >= 11 is 0. The van der Waals surface area contributed by atoms with E-state index in [1.807, 2.05) is 12.1 Å². The van der Waals surface area contributed by atoms with E-state index in [9.17, 15) is 0 Å². The molecule has 0 amide bonds. The normalized spacial score (nSPS) is 23.3. The van der Waals surface area contributed by atoms with Crippen LogP contribution in [0.15, 0.2) is 18.2 Å². The molecule has 2 rings (SSSR count). The molecule has 0 aromatic heterocycles. The fourth-order valence-electron chi connectivity index (χ4n) is 2.66. The van der Waals surface area contributed by atoms with Crippen molar-refractivity contribution in [2.75, 3.05) is 7.11 Å². The van der Waals surface area contributed by atoms with Crippen LogP contribution in [0.4, 0.5) is 0 Å². The summed E-state index contributed by atoms with van der Waals surface area (Å²) in [4.78, 5) is 0. The van der Waals surface area contributed by atoms with E-state index < -0.39 is 0 Å². The van der Waals surface area contributed by atoms with E-state index in [2.05, 4.69) is 13.0 Å². The van der Waals surface area contributed by atoms with Gasteiger partial charge in [-0.3, -0.25) is 0 Å². The van der Waals surface area contributed by atoms with Crippen LogP contribution in [0.2, 0.25) is 0 Å². The van der Waals surface area contributed by atoms with Crippen molar-refractivity contribution in [1.82, 2.24) is 0 Å². The number of nitrogens with two attached hydrogens (primary N) is 1. The molecule has 1 aliphatic rings. The molecule has 1 aromatic carbocycles. The lowest BCUT2D eigenvalue weighted by molar-refractivity contribution is 0.00870. The van der Waals surface area contributed by atoms with E-state index in [4.69, 9.17) is 15.2 Å². The van der Waals surface area contributed by atoms with Crippen LogP contribution in [0.3, 0.4) is 0 Å². The smallest absolute Gasteiger partial charge is 0.123 e. The molecule has 0 saturated heterocycles. The van der Waals surface area contributed by atoms with Gasteiger partial charge in [0.05, 0.1) is 19.8 Å². The third-order valence-corrected chi connectivity index (χ3v) is 4.02. The molecule has 19 heavy (non-hydrogen) atoms. The Morgan fingerprint density at radius 1 is 1.21 bits per heavy atom. The summed E-state index contributed by atoms with van der Waals surface area (Å²) in [7, 11) is 1.68. The number of ether oxygens (including phenoxy) is 2. The van der Waals surface area contributed by atoms with Gasteiger partial charge >= 0.3 is 0 Å². The third kappa shape index (κ3) is 3.95. The van der Waals surface area contributed by atoms with E-state index in [1.54, 1.807) is 7.11 Å². The first kappa shape index (κ1) is 14.4. The first-order valence-corrected chi connectivity index (χ1v) is 7.20. The highest BCUT2D eigenvalue weighted by atomic mass is 16.5. The lowest BCUT2D eigenvalue weighted by Crippen LogP contribution is -2.20. The minimum Gasteiger partial charge on any atom is -0.496 e. The van der Waals surface area contributed by atoms with Crippen molar-refractivity contribution in [3.8, 4) is 5.75 Å². The second-order valence-corrected chi connectivity index (χ2v) is 5.54. The number of benzene rings is 1. The highest BCUT2D eigenvalue weighted by molar-refractivity contribution is 5.37. The van der Waals surface area contributed by atoms with E-state index in [0.717, 1.165) is 22.8 Å². The predicted molar refractivity (Wildman–Crippen MR) is 77.1 cm³/mol. The molecular formula is C16H25NO2. The molecule has 3 heteroatoms. The Hall–Kier alpha value is -1.06. The lowest BCUT2D eigenvalue weighted by Gasteiger charge is -2.26. The Morgan fingerprint density at radius 3 is 2.58 bits per heavy atom. The molecule has 0 aliphatic heterocycles. The van der Waals surface area contributed by atoms with Crippen LogP contribution in [0.1, 0.15) is 43.7 Å². The van der Waals surface area contributed by atoms with Gasteiger partial charge < -0.3 is 15.2 Å². The van der Waals surface area contributed by atoms with E-state index >= 15 is 0 Å². The van der Waals surface area contributed by atoms with Crippen molar-refractivity contribution in [3.05, 3.63) is 29.3 Å². The fraction of sp³-hybridized carbons (Fsp3) is 0.625. The molecule has 1 saturated carbocycles. The van der Waals surface area contributed by atoms with Crippen LogP contribution in [0, 0.1) is 5.92 Å². The van der Waals surface area contributed by atoms with Gasteiger partial charge in [0.1, 0.15) is 5.75 Å². The van der Waals surface area contributed by atoms with Gasteiger partial charge in [-0.05, 0) is 43.2 Å². The second-order valence-electron chi connectivity index (χ2n) is 5.54. The lowest BCUT2D eigenvalue weighted by atomic mass is 9.89. The maximum absolute atomic E-state index is 6.00. The van der Waals surface area contributed by atoms with E-state index in [0.29, 0.717) is 19.3 Å². The van der Waals surface area contributed by atoms with Crippen molar-refractivity contribution in [1.29, 1.82) is 0 Å². The van der Waals surface area contributed by atoms with Crippen LogP contribution in [0.25, 0.3) is 0 Å². The molecule has 1 fully saturated rings. The quantitative estimate of drug-likeness (QED) is 0.887. The number of rotatable bonds is 5. The van der Waals surface area contributed by atoms with Gasteiger partial charge in [-0.15, -0.1) is 0 Å². The number of hydrogen-bond donors (Lipinski definition) is 1. The topological polar surface area (TPSA) is 44.5 Å². The van der Waals surface area contributed by atoms with Gasteiger partial charge in [-0.1, -0.05) is 19.1 Å². The zero-order chi connectivity index (χ0) is 13.7. The molecule has 0 bridgehead atoms. The molecule has 3 nitrogen and oxygen atoms in total. The third-order valence-electron chi connectivity index (χ3n) is 4.02. The van der Waals surface area contributed by atoms with Crippen LogP contribution >= 0.6 is 0 Å². The zero-order valence-corrected chi connectivity index (χ0v) is 12.0. The predicted octanol–water partition coefficient (Wildman–Crippen LogP) is 3.25. The first-order valence-electron chi connectivity index (χ1n) is 7.20. The first-order chi connectivity index (χ1) is 9.22. The van der Waals surface area contributed by atoms with Gasteiger partial charge in [0.25, 0.3) is 0 Å². The Morgan fingerprint density at radius 2 is 1.95 bits per heavy atom. The highest BCUT2D eigenvalue weighted by Crippen LogP contribution is 2.27. The standard InChI is InChI=1S/C16H25NO2/c1-12-3-7-15(8-4-12)19-11-13-5-6-14(10-17)16(9-13)18-2/h5-6,9,12,15H,3-4,7-8,10-11,17H2,1-2H3. The summed E-state index contributed by atoms with van der Waals surface area (Å²) in [5.74, 6) is 1.73. The molecule has 0 heterocycles. The minimum atomic E-state index is 0.427. The summed E-state index contributed by atoms with van der Waals surface area (Å²) in [6, 6.07) is 6.14. The molecule has 0 atom stereocenters. The summed E-state index contributed by atoms with van der Waals surface area (Å²) in [6.45, 7) is 3.50. The van der Waals surface area contributed by atoms with Crippen molar-refractivity contribution in [2.45, 2.75) is 51.9 Å². The SMILES string of the molecule is COc1cc(COC2CCC(C)CC2)ccc1CN. The van der Waals surface area contributed by atoms with Gasteiger partial charge in [0.15, 0.2) is 0 Å². The van der Waals surface area contributed by atoms with Crippen molar-refractivity contribution in [3.63, 3.8) is 0 Å². The van der Waals surface area contributed by atoms with Crippen LogP contribution in [-0.2, 0) is 17.9 Å². The largest absolute Gasteiger partial charge is 0.496 e. The molecular weight excluding hydrogens is 238 g/mol. The number of methoxy groups -OCH3 is 1.